The lowest BCUT2D eigenvalue weighted by Gasteiger charge is -2.36. The normalized spacial score (nSPS) is 14.5. The second-order valence-corrected chi connectivity index (χ2v) is 7.67. The van der Waals surface area contributed by atoms with Gasteiger partial charge in [0.05, 0.1) is 15.9 Å². The van der Waals surface area contributed by atoms with Crippen LogP contribution in [0.25, 0.3) is 10.2 Å². The summed E-state index contributed by atoms with van der Waals surface area (Å²) in [6.45, 7) is 4.54. The largest absolute Gasteiger partial charge is 0.365 e. The number of nitrogens with two attached hydrogens (primary N) is 1. The predicted molar refractivity (Wildman–Crippen MR) is 106 cm³/mol. The standard InChI is InChI=1S/C17H17N7O3S/c1-10-6-13-16(20-9-21-17(13)28-10)23-4-2-22(3-5-23)15-12(14(18)25)7-11(8-19-15)24(26)27/h6-9H,2-5H2,1H3,(H2,18,25). The lowest BCUT2D eigenvalue weighted by atomic mass is 10.2. The van der Waals surface area contributed by atoms with Crippen LogP contribution in [0.5, 0.6) is 0 Å². The van der Waals surface area contributed by atoms with Crippen molar-refractivity contribution >= 4 is 44.8 Å². The fraction of sp³-hybridized carbons (Fsp3) is 0.294. The number of fused-ring (bicyclic) bond motifs is 1. The first-order chi connectivity index (χ1) is 13.4. The maximum atomic E-state index is 11.8. The van der Waals surface area contributed by atoms with Crippen LogP contribution in [0, 0.1) is 17.0 Å². The van der Waals surface area contributed by atoms with Gasteiger partial charge in [-0.15, -0.1) is 11.3 Å². The Balaban J connectivity index is 1.57. The van der Waals surface area contributed by atoms with Crippen LogP contribution in [0.15, 0.2) is 24.7 Å². The Morgan fingerprint density at radius 1 is 1.14 bits per heavy atom. The smallest absolute Gasteiger partial charge is 0.288 e. The minimum absolute atomic E-state index is 0.0561. The average Bonchev–Trinajstić information content (AvgIpc) is 3.07. The highest BCUT2D eigenvalue weighted by Gasteiger charge is 2.25. The molecule has 0 aliphatic carbocycles. The molecule has 0 atom stereocenters. The van der Waals surface area contributed by atoms with Gasteiger partial charge in [-0.25, -0.2) is 15.0 Å². The molecule has 144 valence electrons. The molecule has 1 fully saturated rings. The third kappa shape index (κ3) is 3.20. The zero-order valence-corrected chi connectivity index (χ0v) is 15.8. The first-order valence-electron chi connectivity index (χ1n) is 8.59. The monoisotopic (exact) mass is 399 g/mol. The number of carbonyl (C=O) groups is 1. The third-order valence-electron chi connectivity index (χ3n) is 4.64. The molecular weight excluding hydrogens is 382 g/mol. The molecule has 1 aliphatic heterocycles. The van der Waals surface area contributed by atoms with Crippen molar-refractivity contribution in [1.82, 2.24) is 15.0 Å². The maximum absolute atomic E-state index is 11.8. The van der Waals surface area contributed by atoms with E-state index in [4.69, 9.17) is 5.73 Å². The Morgan fingerprint density at radius 2 is 1.82 bits per heavy atom. The summed E-state index contributed by atoms with van der Waals surface area (Å²) in [7, 11) is 0. The van der Waals surface area contributed by atoms with Crippen LogP contribution in [0.3, 0.4) is 0 Å². The van der Waals surface area contributed by atoms with Gasteiger partial charge in [0.25, 0.3) is 11.6 Å². The Kier molecular flexibility index (Phi) is 4.51. The SMILES string of the molecule is Cc1cc2c(N3CCN(c4ncc([N+](=O)[O-])cc4C(N)=O)CC3)ncnc2s1. The molecule has 3 aromatic heterocycles. The van der Waals surface area contributed by atoms with Crippen molar-refractivity contribution in [1.29, 1.82) is 0 Å². The number of anilines is 2. The molecule has 3 aromatic rings. The van der Waals surface area contributed by atoms with Crippen LogP contribution in [-0.4, -0.2) is 52.0 Å². The Hall–Kier alpha value is -3.34. The number of hydrogen-bond donors (Lipinski definition) is 1. The van der Waals surface area contributed by atoms with Crippen molar-refractivity contribution in [2.75, 3.05) is 36.0 Å². The van der Waals surface area contributed by atoms with Crippen molar-refractivity contribution in [3.8, 4) is 0 Å². The number of aryl methyl sites for hydroxylation is 1. The van der Waals surface area contributed by atoms with E-state index in [1.807, 2.05) is 11.8 Å². The predicted octanol–water partition coefficient (Wildman–Crippen LogP) is 1.73. The summed E-state index contributed by atoms with van der Waals surface area (Å²) in [6, 6.07) is 3.27. The van der Waals surface area contributed by atoms with E-state index in [1.165, 1.54) is 10.9 Å². The second kappa shape index (κ2) is 7.00. The van der Waals surface area contributed by atoms with E-state index >= 15 is 0 Å². The zero-order chi connectivity index (χ0) is 19.8. The number of piperazine rings is 1. The summed E-state index contributed by atoms with van der Waals surface area (Å²) in [5.74, 6) is 0.526. The second-order valence-electron chi connectivity index (χ2n) is 6.43. The topological polar surface area (TPSA) is 131 Å². The molecule has 1 saturated heterocycles. The van der Waals surface area contributed by atoms with Gasteiger partial charge >= 0.3 is 0 Å². The molecule has 4 rings (SSSR count). The highest BCUT2D eigenvalue weighted by molar-refractivity contribution is 7.18. The number of primary amides is 1. The van der Waals surface area contributed by atoms with Gasteiger partial charge in [-0.2, -0.15) is 0 Å². The molecule has 2 N–H and O–H groups in total. The molecule has 4 heterocycles. The number of amides is 1. The molecule has 0 radical (unpaired) electrons. The summed E-state index contributed by atoms with van der Waals surface area (Å²) in [5, 5.41) is 12.0. The van der Waals surface area contributed by atoms with Gasteiger partial charge < -0.3 is 15.5 Å². The molecule has 0 aromatic carbocycles. The number of pyridine rings is 1. The van der Waals surface area contributed by atoms with Gasteiger partial charge in [-0.05, 0) is 13.0 Å². The number of aromatic nitrogens is 3. The van der Waals surface area contributed by atoms with Crippen molar-refractivity contribution in [2.24, 2.45) is 5.73 Å². The lowest BCUT2D eigenvalue weighted by molar-refractivity contribution is -0.385. The number of nitro groups is 1. The molecule has 11 heteroatoms. The van der Waals surface area contributed by atoms with Gasteiger partial charge in [0.2, 0.25) is 0 Å². The molecule has 0 saturated carbocycles. The van der Waals surface area contributed by atoms with E-state index in [0.717, 1.165) is 22.2 Å². The van der Waals surface area contributed by atoms with Crippen molar-refractivity contribution in [2.45, 2.75) is 6.92 Å². The fourth-order valence-electron chi connectivity index (χ4n) is 3.33. The molecule has 10 nitrogen and oxygen atoms in total. The van der Waals surface area contributed by atoms with E-state index in [0.29, 0.717) is 32.0 Å². The molecule has 0 spiro atoms. The summed E-state index contributed by atoms with van der Waals surface area (Å²) < 4.78 is 0. The van der Waals surface area contributed by atoms with E-state index < -0.39 is 10.8 Å². The quantitative estimate of drug-likeness (QED) is 0.518. The van der Waals surface area contributed by atoms with Crippen LogP contribution in [0.1, 0.15) is 15.2 Å². The summed E-state index contributed by atoms with van der Waals surface area (Å²) in [4.78, 5) is 41.3. The minimum Gasteiger partial charge on any atom is -0.365 e. The number of carbonyl (C=O) groups excluding carboxylic acids is 1. The van der Waals surface area contributed by atoms with Crippen LogP contribution in [0.4, 0.5) is 17.3 Å². The van der Waals surface area contributed by atoms with E-state index in [-0.39, 0.29) is 11.3 Å². The Labute approximate surface area is 163 Å². The van der Waals surface area contributed by atoms with Crippen LogP contribution in [0.2, 0.25) is 0 Å². The van der Waals surface area contributed by atoms with Crippen LogP contribution >= 0.6 is 11.3 Å². The highest BCUT2D eigenvalue weighted by atomic mass is 32.1. The van der Waals surface area contributed by atoms with Gasteiger partial charge in [0.15, 0.2) is 0 Å². The molecule has 1 amide bonds. The van der Waals surface area contributed by atoms with Crippen LogP contribution in [-0.2, 0) is 0 Å². The fourth-order valence-corrected chi connectivity index (χ4v) is 4.17. The van der Waals surface area contributed by atoms with Gasteiger partial charge in [-0.3, -0.25) is 14.9 Å². The number of nitrogens with zero attached hydrogens (tertiary/aromatic N) is 6. The van der Waals surface area contributed by atoms with Crippen molar-refractivity contribution in [3.63, 3.8) is 0 Å². The van der Waals surface area contributed by atoms with Gasteiger partial charge in [0, 0.05) is 37.1 Å². The van der Waals surface area contributed by atoms with Gasteiger partial charge in [-0.1, -0.05) is 0 Å². The Morgan fingerprint density at radius 3 is 2.46 bits per heavy atom. The van der Waals surface area contributed by atoms with Crippen molar-refractivity contribution in [3.05, 3.63) is 45.2 Å². The third-order valence-corrected chi connectivity index (χ3v) is 5.60. The minimum atomic E-state index is -0.736. The van der Waals surface area contributed by atoms with Gasteiger partial charge in [0.1, 0.15) is 29.0 Å². The molecule has 0 bridgehead atoms. The number of hydrogen-bond acceptors (Lipinski definition) is 9. The maximum Gasteiger partial charge on any atom is 0.288 e. The summed E-state index contributed by atoms with van der Waals surface area (Å²) in [5.41, 5.74) is 5.22. The molecule has 28 heavy (non-hydrogen) atoms. The Bertz CT molecular complexity index is 1080. The summed E-state index contributed by atoms with van der Waals surface area (Å²) in [6.07, 6.45) is 2.72. The highest BCUT2D eigenvalue weighted by Crippen LogP contribution is 2.31. The summed E-state index contributed by atoms with van der Waals surface area (Å²) >= 11 is 1.63. The average molecular weight is 399 g/mol. The van der Waals surface area contributed by atoms with E-state index in [2.05, 4.69) is 25.9 Å². The number of rotatable bonds is 4. The number of thiophene rings is 1. The lowest BCUT2D eigenvalue weighted by Crippen LogP contribution is -2.47. The molecular formula is C17H17N7O3S. The first kappa shape index (κ1) is 18.0. The van der Waals surface area contributed by atoms with Crippen molar-refractivity contribution < 1.29 is 9.72 Å². The molecule has 0 unspecified atom stereocenters. The zero-order valence-electron chi connectivity index (χ0n) is 15.0. The molecule has 1 aliphatic rings. The first-order valence-corrected chi connectivity index (χ1v) is 9.41. The van der Waals surface area contributed by atoms with E-state index in [9.17, 15) is 14.9 Å². The van der Waals surface area contributed by atoms with Crippen LogP contribution < -0.4 is 15.5 Å². The van der Waals surface area contributed by atoms with E-state index in [1.54, 1.807) is 17.7 Å².